The number of nitro benzene ring substituents is 1. The van der Waals surface area contributed by atoms with Crippen LogP contribution in [0.2, 0.25) is 0 Å². The van der Waals surface area contributed by atoms with E-state index in [1.54, 1.807) is 0 Å². The molecular weight excluding hydrogens is 325 g/mol. The van der Waals surface area contributed by atoms with Gasteiger partial charge in [-0.25, -0.2) is 4.79 Å². The van der Waals surface area contributed by atoms with Gasteiger partial charge in [0.2, 0.25) is 5.58 Å². The number of halogens is 1. The highest BCUT2D eigenvalue weighted by molar-refractivity contribution is 14.1. The highest BCUT2D eigenvalue weighted by atomic mass is 127. The van der Waals surface area contributed by atoms with E-state index in [0.717, 1.165) is 0 Å². The third kappa shape index (κ3) is 2.70. The molecule has 0 spiro atoms. The minimum absolute atomic E-state index is 0.0139. The molecule has 0 fully saturated rings. The second kappa shape index (κ2) is 5.46. The van der Waals surface area contributed by atoms with Gasteiger partial charge >= 0.3 is 11.3 Å². The number of nitrogens with zero attached hydrogens (tertiary/aromatic N) is 1. The number of hydrogen-bond acceptors (Lipinski definition) is 4. The lowest BCUT2D eigenvalue weighted by Crippen LogP contribution is -2.02. The molecule has 82 valence electrons. The number of nitro groups is 1. The van der Waals surface area contributed by atoms with E-state index in [2.05, 4.69) is 14.3 Å². The Kier molecular flexibility index (Phi) is 4.25. The zero-order chi connectivity index (χ0) is 12.1. The maximum Gasteiger partial charge on any atom is 0.344 e. The Balaban J connectivity index is 0.000000280. The summed E-state index contributed by atoms with van der Waals surface area (Å²) in [5.74, 6) is 2.67. The number of benzene rings is 1. The maximum atomic E-state index is 10.8. The third-order valence-electron chi connectivity index (χ3n) is 1.69. The van der Waals surface area contributed by atoms with Crippen molar-refractivity contribution in [3.05, 3.63) is 38.7 Å². The number of non-ortho nitro benzene ring substituents is 1. The first-order valence-electron chi connectivity index (χ1n) is 4.13. The Labute approximate surface area is 104 Å². The Bertz CT molecular complexity index is 602. The van der Waals surface area contributed by atoms with Crippen LogP contribution < -0.4 is 5.63 Å². The average molecular weight is 331 g/mol. The van der Waals surface area contributed by atoms with Crippen LogP contribution in [0.3, 0.4) is 0 Å². The van der Waals surface area contributed by atoms with Gasteiger partial charge in [-0.05, 0) is 23.0 Å². The molecule has 2 aromatic heterocycles. The fourth-order valence-corrected chi connectivity index (χ4v) is 1.03. The SMILES string of the molecule is CC#CI.O=c1oc2ccc1cc2[N+](=O)[O-]. The molecule has 1 aromatic carbocycles. The molecule has 3 aromatic rings. The first-order chi connectivity index (χ1) is 7.60. The Morgan fingerprint density at radius 2 is 2.12 bits per heavy atom. The lowest BCUT2D eigenvalue weighted by Gasteiger charge is -1.96. The monoisotopic (exact) mass is 331 g/mol. The smallest absolute Gasteiger partial charge is 0.344 e. The van der Waals surface area contributed by atoms with E-state index in [4.69, 9.17) is 0 Å². The van der Waals surface area contributed by atoms with Crippen LogP contribution in [-0.4, -0.2) is 4.92 Å². The Morgan fingerprint density at radius 3 is 2.44 bits per heavy atom. The molecule has 0 aliphatic carbocycles. The van der Waals surface area contributed by atoms with Crippen LogP contribution in [0.1, 0.15) is 6.92 Å². The fraction of sp³-hybridized carbons (Fsp3) is 0.100. The largest absolute Gasteiger partial charge is 0.416 e. The number of rotatable bonds is 1. The molecule has 0 aliphatic heterocycles. The Morgan fingerprint density at radius 1 is 1.50 bits per heavy atom. The van der Waals surface area contributed by atoms with Crippen molar-refractivity contribution in [1.29, 1.82) is 0 Å². The van der Waals surface area contributed by atoms with Gasteiger partial charge in [0.25, 0.3) is 0 Å². The minimum atomic E-state index is -0.578. The van der Waals surface area contributed by atoms with E-state index in [0.29, 0.717) is 0 Å². The summed E-state index contributed by atoms with van der Waals surface area (Å²) in [6, 6.07) is 4.12. The lowest BCUT2D eigenvalue weighted by molar-refractivity contribution is -0.383. The molecule has 5 nitrogen and oxygen atoms in total. The highest BCUT2D eigenvalue weighted by Crippen LogP contribution is 2.21. The van der Waals surface area contributed by atoms with E-state index in [1.807, 2.05) is 29.5 Å². The summed E-state index contributed by atoms with van der Waals surface area (Å²) < 4.78 is 7.25. The molecule has 0 atom stereocenters. The van der Waals surface area contributed by atoms with E-state index >= 15 is 0 Å². The molecule has 0 amide bonds. The van der Waals surface area contributed by atoms with Gasteiger partial charge in [-0.3, -0.25) is 10.1 Å². The first kappa shape index (κ1) is 12.4. The average Bonchev–Trinajstić information content (AvgIpc) is 2.30. The zero-order valence-electron chi connectivity index (χ0n) is 8.19. The van der Waals surface area contributed by atoms with Gasteiger partial charge in [-0.2, -0.15) is 0 Å². The van der Waals surface area contributed by atoms with E-state index in [1.165, 1.54) is 18.2 Å². The van der Waals surface area contributed by atoms with Gasteiger partial charge in [0.05, 0.1) is 10.3 Å². The van der Waals surface area contributed by atoms with Gasteiger partial charge in [0.15, 0.2) is 0 Å². The van der Waals surface area contributed by atoms with Crippen molar-refractivity contribution >= 4 is 39.2 Å². The van der Waals surface area contributed by atoms with Crippen molar-refractivity contribution in [3.8, 4) is 9.85 Å². The van der Waals surface area contributed by atoms with Crippen LogP contribution in [-0.2, 0) is 0 Å². The van der Waals surface area contributed by atoms with Crippen molar-refractivity contribution in [1.82, 2.24) is 0 Å². The summed E-state index contributed by atoms with van der Waals surface area (Å²) in [6.45, 7) is 1.81. The third-order valence-corrected chi connectivity index (χ3v) is 2.23. The lowest BCUT2D eigenvalue weighted by atomic mass is 10.2. The predicted octanol–water partition coefficient (Wildman–Crippen LogP) is 2.54. The van der Waals surface area contributed by atoms with Gasteiger partial charge < -0.3 is 4.42 Å². The van der Waals surface area contributed by atoms with Crippen molar-refractivity contribution < 1.29 is 9.34 Å². The van der Waals surface area contributed by atoms with Crippen LogP contribution in [0.15, 0.2) is 27.4 Å². The van der Waals surface area contributed by atoms with Crippen LogP contribution in [0, 0.1) is 20.0 Å². The highest BCUT2D eigenvalue weighted by Gasteiger charge is 2.15. The van der Waals surface area contributed by atoms with Crippen LogP contribution >= 0.6 is 22.6 Å². The van der Waals surface area contributed by atoms with Crippen LogP contribution in [0.25, 0.3) is 11.0 Å². The number of fused-ring (bicyclic) bond motifs is 3. The van der Waals surface area contributed by atoms with Crippen molar-refractivity contribution in [2.24, 2.45) is 0 Å². The minimum Gasteiger partial charge on any atom is -0.416 e. The summed E-state index contributed by atoms with van der Waals surface area (Å²) in [7, 11) is 0. The molecule has 0 saturated carbocycles. The van der Waals surface area contributed by atoms with Crippen molar-refractivity contribution in [2.75, 3.05) is 0 Å². The second-order valence-corrected chi connectivity index (χ2v) is 3.21. The van der Waals surface area contributed by atoms with Crippen molar-refractivity contribution in [3.63, 3.8) is 0 Å². The molecule has 2 bridgehead atoms. The molecule has 2 heterocycles. The van der Waals surface area contributed by atoms with Crippen LogP contribution in [0.5, 0.6) is 0 Å². The maximum absolute atomic E-state index is 10.8. The second-order valence-electron chi connectivity index (χ2n) is 2.67. The summed E-state index contributed by atoms with van der Waals surface area (Å²) >= 11 is 1.99. The zero-order valence-corrected chi connectivity index (χ0v) is 10.3. The van der Waals surface area contributed by atoms with Crippen LogP contribution in [0.4, 0.5) is 5.69 Å². The summed E-state index contributed by atoms with van der Waals surface area (Å²) in [4.78, 5) is 20.6. The molecular formula is C10H6INO4. The standard InChI is InChI=1S/C7H3NO4.C3H3I/c9-7-4-1-2-6(12-7)5(3-4)8(10)11;1-2-3-4/h1-3H;1H3. The Hall–Kier alpha value is -1.62. The normalized spacial score (nSPS) is 8.88. The quantitative estimate of drug-likeness (QED) is 0.348. The number of hydrogen-bond donors (Lipinski definition) is 0. The topological polar surface area (TPSA) is 73.3 Å². The van der Waals surface area contributed by atoms with Gasteiger partial charge in [-0.15, -0.1) is 0 Å². The molecule has 16 heavy (non-hydrogen) atoms. The molecule has 0 saturated heterocycles. The van der Waals surface area contributed by atoms with Gasteiger partial charge in [0, 0.05) is 28.7 Å². The predicted molar refractivity (Wildman–Crippen MR) is 67.8 cm³/mol. The molecule has 0 unspecified atom stereocenters. The first-order valence-corrected chi connectivity index (χ1v) is 5.21. The van der Waals surface area contributed by atoms with E-state index in [-0.39, 0.29) is 16.7 Å². The van der Waals surface area contributed by atoms with E-state index < -0.39 is 10.5 Å². The molecule has 0 aliphatic rings. The molecule has 6 heteroatoms. The molecule has 0 N–H and O–H groups in total. The van der Waals surface area contributed by atoms with Gasteiger partial charge in [0.1, 0.15) is 0 Å². The molecule has 0 radical (unpaired) electrons. The molecule has 3 rings (SSSR count). The van der Waals surface area contributed by atoms with Crippen molar-refractivity contribution in [2.45, 2.75) is 6.92 Å². The summed E-state index contributed by atoms with van der Waals surface area (Å²) in [5, 5.41) is 10.5. The fourth-order valence-electron chi connectivity index (χ4n) is 1.03. The van der Waals surface area contributed by atoms with Gasteiger partial charge in [-0.1, -0.05) is 5.92 Å². The summed E-state index contributed by atoms with van der Waals surface area (Å²) in [6.07, 6.45) is 0. The van der Waals surface area contributed by atoms with E-state index in [9.17, 15) is 14.9 Å². The summed E-state index contributed by atoms with van der Waals surface area (Å²) in [5.41, 5.74) is -0.676.